The lowest BCUT2D eigenvalue weighted by atomic mass is 10.7. The van der Waals surface area contributed by atoms with Gasteiger partial charge >= 0.3 is 0 Å². The van der Waals surface area contributed by atoms with Gasteiger partial charge in [-0.25, -0.2) is 18.1 Å². The number of thiazole rings is 1. The molecule has 0 fully saturated rings. The lowest BCUT2D eigenvalue weighted by molar-refractivity contribution is 0.609. The van der Waals surface area contributed by atoms with Gasteiger partial charge in [0.2, 0.25) is 5.13 Å². The molecule has 0 unspecified atom stereocenters. The van der Waals surface area contributed by atoms with E-state index in [1.54, 1.807) is 11.6 Å². The fraction of sp³-hybridized carbons (Fsp3) is 0. The molecule has 0 saturated heterocycles. The summed E-state index contributed by atoms with van der Waals surface area (Å²) >= 11 is 1.35. The summed E-state index contributed by atoms with van der Waals surface area (Å²) in [4.78, 5) is 3.93. The third-order valence-electron chi connectivity index (χ3n) is 1.46. The zero-order valence-electron chi connectivity index (χ0n) is 6.66. The molecule has 0 spiro atoms. The molecule has 0 aliphatic heterocycles. The Morgan fingerprint density at radius 2 is 2.29 bits per heavy atom. The Hall–Kier alpha value is -0.920. The van der Waals surface area contributed by atoms with Gasteiger partial charge in [-0.15, -0.1) is 11.3 Å². The molecule has 2 aromatic rings. The first-order valence-electron chi connectivity index (χ1n) is 3.46. The number of hydrogen-bond donors (Lipinski definition) is 0. The van der Waals surface area contributed by atoms with E-state index >= 15 is 0 Å². The van der Waals surface area contributed by atoms with Crippen molar-refractivity contribution in [3.8, 4) is 5.13 Å². The zero-order valence-corrected chi connectivity index (χ0v) is 9.05. The highest BCUT2D eigenvalue weighted by Crippen LogP contribution is 2.16. The van der Waals surface area contributed by atoms with Crippen LogP contribution in [0.2, 0.25) is 0 Å². The van der Waals surface area contributed by atoms with Crippen LogP contribution in [0.5, 0.6) is 0 Å². The van der Waals surface area contributed by atoms with Gasteiger partial charge in [-0.05, 0) is 0 Å². The van der Waals surface area contributed by atoms with Crippen molar-refractivity contribution in [3.63, 3.8) is 0 Å². The first-order chi connectivity index (χ1) is 6.57. The number of halogens is 1. The van der Waals surface area contributed by atoms with Crippen molar-refractivity contribution in [2.75, 3.05) is 0 Å². The van der Waals surface area contributed by atoms with Crippen molar-refractivity contribution in [1.82, 2.24) is 14.8 Å². The first kappa shape index (κ1) is 9.63. The van der Waals surface area contributed by atoms with Crippen LogP contribution < -0.4 is 0 Å². The molecule has 2 heterocycles. The van der Waals surface area contributed by atoms with Crippen LogP contribution in [0.3, 0.4) is 0 Å². The molecule has 2 rings (SSSR count). The van der Waals surface area contributed by atoms with Crippen LogP contribution in [0.25, 0.3) is 5.13 Å². The van der Waals surface area contributed by atoms with Crippen LogP contribution in [0.1, 0.15) is 0 Å². The molecule has 0 N–H and O–H groups in total. The lowest BCUT2D eigenvalue weighted by Crippen LogP contribution is -1.92. The topological polar surface area (TPSA) is 64.8 Å². The van der Waals surface area contributed by atoms with Crippen molar-refractivity contribution >= 4 is 31.1 Å². The van der Waals surface area contributed by atoms with Crippen molar-refractivity contribution in [2.45, 2.75) is 4.90 Å². The van der Waals surface area contributed by atoms with Crippen LogP contribution in [-0.2, 0) is 9.05 Å². The van der Waals surface area contributed by atoms with Gasteiger partial charge in [0.15, 0.2) is 0 Å². The minimum Gasteiger partial charge on any atom is -0.227 e. The second-order valence-corrected chi connectivity index (χ2v) is 5.81. The molecular formula is C6H4ClN3O2S2. The van der Waals surface area contributed by atoms with Crippen molar-refractivity contribution in [1.29, 1.82) is 0 Å². The summed E-state index contributed by atoms with van der Waals surface area (Å²) in [6.45, 7) is 0. The molecule has 0 amide bonds. The maximum Gasteiger partial charge on any atom is 0.264 e. The minimum atomic E-state index is -3.71. The summed E-state index contributed by atoms with van der Waals surface area (Å²) in [6.07, 6.45) is 4.11. The van der Waals surface area contributed by atoms with Gasteiger partial charge in [0.05, 0.1) is 12.4 Å². The first-order valence-corrected chi connectivity index (χ1v) is 6.65. The predicted molar refractivity (Wildman–Crippen MR) is 52.3 cm³/mol. The molecule has 0 aliphatic carbocycles. The molecule has 14 heavy (non-hydrogen) atoms. The Kier molecular flexibility index (Phi) is 2.30. The van der Waals surface area contributed by atoms with E-state index in [2.05, 4.69) is 10.1 Å². The number of nitrogens with zero attached hydrogens (tertiary/aromatic N) is 3. The highest BCUT2D eigenvalue weighted by atomic mass is 35.7. The maximum absolute atomic E-state index is 10.9. The quantitative estimate of drug-likeness (QED) is 0.752. The summed E-state index contributed by atoms with van der Waals surface area (Å²) < 4.78 is 23.2. The highest BCUT2D eigenvalue weighted by Gasteiger charge is 2.13. The summed E-state index contributed by atoms with van der Waals surface area (Å²) in [5.74, 6) is 0. The van der Waals surface area contributed by atoms with Crippen LogP contribution in [0, 0.1) is 0 Å². The van der Waals surface area contributed by atoms with Gasteiger partial charge in [-0.1, -0.05) is 0 Å². The maximum atomic E-state index is 10.9. The SMILES string of the molecule is O=S(=O)(Cl)c1cnn(-c2nccs2)c1. The van der Waals surface area contributed by atoms with Crippen molar-refractivity contribution < 1.29 is 8.42 Å². The second kappa shape index (κ2) is 3.34. The van der Waals surface area contributed by atoms with Gasteiger partial charge in [0.25, 0.3) is 9.05 Å². The van der Waals surface area contributed by atoms with Gasteiger partial charge in [0, 0.05) is 22.3 Å². The Labute approximate surface area is 88.4 Å². The summed E-state index contributed by atoms with van der Waals surface area (Å²) in [6, 6.07) is 0. The number of aromatic nitrogens is 3. The van der Waals surface area contributed by atoms with E-state index in [-0.39, 0.29) is 4.90 Å². The van der Waals surface area contributed by atoms with Crippen LogP contribution in [-0.4, -0.2) is 23.2 Å². The van der Waals surface area contributed by atoms with Gasteiger partial charge in [0.1, 0.15) is 4.90 Å². The van der Waals surface area contributed by atoms with Crippen LogP contribution in [0.4, 0.5) is 0 Å². The average Bonchev–Trinajstić information content (AvgIpc) is 2.73. The van der Waals surface area contributed by atoms with E-state index in [1.165, 1.54) is 28.4 Å². The van der Waals surface area contributed by atoms with E-state index in [4.69, 9.17) is 10.7 Å². The summed E-state index contributed by atoms with van der Waals surface area (Å²) in [5, 5.41) is 6.19. The molecule has 8 heteroatoms. The smallest absolute Gasteiger partial charge is 0.227 e. The number of hydrogen-bond acceptors (Lipinski definition) is 5. The predicted octanol–water partition coefficient (Wildman–Crippen LogP) is 1.26. The zero-order chi connectivity index (χ0) is 10.2. The van der Waals surface area contributed by atoms with Crippen LogP contribution in [0.15, 0.2) is 28.9 Å². The molecule has 0 bridgehead atoms. The highest BCUT2D eigenvalue weighted by molar-refractivity contribution is 8.13. The lowest BCUT2D eigenvalue weighted by Gasteiger charge is -1.91. The van der Waals surface area contributed by atoms with Crippen molar-refractivity contribution in [2.24, 2.45) is 0 Å². The minimum absolute atomic E-state index is 0.0330. The molecule has 2 aromatic heterocycles. The fourth-order valence-electron chi connectivity index (χ4n) is 0.866. The van der Waals surface area contributed by atoms with Gasteiger partial charge in [-0.3, -0.25) is 0 Å². The Bertz CT molecular complexity index is 531. The molecule has 0 aliphatic rings. The van der Waals surface area contributed by atoms with Crippen LogP contribution >= 0.6 is 22.0 Å². The van der Waals surface area contributed by atoms with E-state index < -0.39 is 9.05 Å². The molecule has 5 nitrogen and oxygen atoms in total. The van der Waals surface area contributed by atoms with Crippen molar-refractivity contribution in [3.05, 3.63) is 24.0 Å². The number of rotatable bonds is 2. The Morgan fingerprint density at radius 3 is 2.79 bits per heavy atom. The average molecular weight is 250 g/mol. The Balaban J connectivity index is 2.46. The third kappa shape index (κ3) is 1.79. The summed E-state index contributed by atoms with van der Waals surface area (Å²) in [7, 11) is 1.43. The molecule has 0 radical (unpaired) electrons. The molecule has 0 atom stereocenters. The van der Waals surface area contributed by atoms with Gasteiger partial charge in [-0.2, -0.15) is 5.10 Å². The third-order valence-corrected chi connectivity index (χ3v) is 3.53. The molecule has 0 saturated carbocycles. The standard InChI is InChI=1S/C6H4ClN3O2S2/c7-14(11,12)5-3-9-10(4-5)6-8-1-2-13-6/h1-4H. The Morgan fingerprint density at radius 1 is 1.50 bits per heavy atom. The van der Waals surface area contributed by atoms with Gasteiger partial charge < -0.3 is 0 Å². The summed E-state index contributed by atoms with van der Waals surface area (Å²) in [5.41, 5.74) is 0. The fourth-order valence-corrected chi connectivity index (χ4v) is 2.08. The molecule has 74 valence electrons. The monoisotopic (exact) mass is 249 g/mol. The molecule has 0 aromatic carbocycles. The largest absolute Gasteiger partial charge is 0.264 e. The molecular weight excluding hydrogens is 246 g/mol. The van der Waals surface area contributed by atoms with E-state index in [0.29, 0.717) is 5.13 Å². The van der Waals surface area contributed by atoms with E-state index in [1.807, 2.05) is 0 Å². The second-order valence-electron chi connectivity index (χ2n) is 2.37. The van der Waals surface area contributed by atoms with E-state index in [0.717, 1.165) is 0 Å². The normalized spacial score (nSPS) is 11.8. The van der Waals surface area contributed by atoms with E-state index in [9.17, 15) is 8.42 Å².